The first kappa shape index (κ1) is 25.3. The van der Waals surface area contributed by atoms with E-state index in [1.165, 1.54) is 13.0 Å². The summed E-state index contributed by atoms with van der Waals surface area (Å²) >= 11 is 0. The fourth-order valence-corrected chi connectivity index (χ4v) is 3.54. The van der Waals surface area contributed by atoms with Gasteiger partial charge in [0.05, 0.1) is 31.5 Å². The number of para-hydroxylation sites is 1. The summed E-state index contributed by atoms with van der Waals surface area (Å²) in [5, 5.41) is 5.57. The van der Waals surface area contributed by atoms with Crippen LogP contribution in [-0.4, -0.2) is 38.6 Å². The Morgan fingerprint density at radius 2 is 1.37 bits per heavy atom. The van der Waals surface area contributed by atoms with Gasteiger partial charge in [-0.05, 0) is 53.9 Å². The molecule has 35 heavy (non-hydrogen) atoms. The molecule has 2 N–H and O–H groups in total. The molecule has 3 rings (SSSR count). The first-order valence-corrected chi connectivity index (χ1v) is 10.9. The summed E-state index contributed by atoms with van der Waals surface area (Å²) in [7, 11) is 3.16. The van der Waals surface area contributed by atoms with E-state index in [1.54, 1.807) is 57.5 Å². The van der Waals surface area contributed by atoms with E-state index in [1.807, 2.05) is 24.3 Å². The van der Waals surface area contributed by atoms with Crippen LogP contribution < -0.4 is 20.1 Å². The summed E-state index contributed by atoms with van der Waals surface area (Å²) in [6, 6.07) is 19.1. The van der Waals surface area contributed by atoms with Crippen LogP contribution in [0.3, 0.4) is 0 Å². The number of carbonyl (C=O) groups excluding carboxylic acids is 3. The van der Waals surface area contributed by atoms with Crippen molar-refractivity contribution in [2.45, 2.75) is 19.9 Å². The maximum absolute atomic E-state index is 12.8. The van der Waals surface area contributed by atoms with Gasteiger partial charge >= 0.3 is 5.97 Å². The Labute approximate surface area is 204 Å². The smallest absolute Gasteiger partial charge is 0.340 e. The van der Waals surface area contributed by atoms with Crippen LogP contribution in [0, 0.1) is 6.92 Å². The van der Waals surface area contributed by atoms with Crippen molar-refractivity contribution in [3.63, 3.8) is 0 Å². The first-order valence-electron chi connectivity index (χ1n) is 10.9. The lowest BCUT2D eigenvalue weighted by Gasteiger charge is -2.20. The highest BCUT2D eigenvalue weighted by Gasteiger charge is 2.20. The highest BCUT2D eigenvalue weighted by atomic mass is 16.5. The van der Waals surface area contributed by atoms with Gasteiger partial charge in [0.1, 0.15) is 11.5 Å². The number of methoxy groups -OCH3 is 2. The van der Waals surface area contributed by atoms with Crippen LogP contribution in [-0.2, 0) is 14.3 Å². The van der Waals surface area contributed by atoms with Gasteiger partial charge in [0.2, 0.25) is 5.91 Å². The number of amides is 2. The van der Waals surface area contributed by atoms with Gasteiger partial charge in [-0.3, -0.25) is 9.59 Å². The summed E-state index contributed by atoms with van der Waals surface area (Å²) in [4.78, 5) is 37.0. The Bertz CT molecular complexity index is 1140. The van der Waals surface area contributed by atoms with Crippen LogP contribution in [0.25, 0.3) is 0 Å². The molecule has 0 heterocycles. The van der Waals surface area contributed by atoms with Crippen LogP contribution in [0.1, 0.15) is 40.0 Å². The minimum absolute atomic E-state index is 0.176. The molecule has 0 aliphatic carbocycles. The molecule has 0 atom stereocenters. The number of esters is 1. The zero-order chi connectivity index (χ0) is 25.4. The van der Waals surface area contributed by atoms with E-state index >= 15 is 0 Å². The van der Waals surface area contributed by atoms with Crippen molar-refractivity contribution >= 4 is 23.5 Å². The molecule has 8 nitrogen and oxygen atoms in total. The van der Waals surface area contributed by atoms with Crippen molar-refractivity contribution in [1.29, 1.82) is 0 Å². The molecule has 2 amide bonds. The lowest BCUT2D eigenvalue weighted by atomic mass is 9.98. The summed E-state index contributed by atoms with van der Waals surface area (Å²) in [6.07, 6.45) is 0. The number of rotatable bonds is 9. The highest BCUT2D eigenvalue weighted by Crippen LogP contribution is 2.26. The third-order valence-corrected chi connectivity index (χ3v) is 5.33. The van der Waals surface area contributed by atoms with Crippen LogP contribution in [0.4, 0.5) is 5.69 Å². The zero-order valence-electron chi connectivity index (χ0n) is 20.1. The van der Waals surface area contributed by atoms with Gasteiger partial charge < -0.3 is 24.8 Å². The van der Waals surface area contributed by atoms with Crippen LogP contribution in [0.15, 0.2) is 66.7 Å². The van der Waals surface area contributed by atoms with Gasteiger partial charge in [0, 0.05) is 6.92 Å². The van der Waals surface area contributed by atoms with Crippen molar-refractivity contribution < 1.29 is 28.6 Å². The number of nitrogens with one attached hydrogen (secondary N) is 2. The minimum Gasteiger partial charge on any atom is -0.497 e. The Hall–Kier alpha value is -4.33. The number of ether oxygens (including phenoxy) is 3. The van der Waals surface area contributed by atoms with E-state index in [9.17, 15) is 14.4 Å². The molecule has 0 spiro atoms. The molecule has 0 aliphatic rings. The monoisotopic (exact) mass is 476 g/mol. The van der Waals surface area contributed by atoms with E-state index in [2.05, 4.69) is 10.6 Å². The Morgan fingerprint density at radius 1 is 0.829 bits per heavy atom. The molecule has 0 unspecified atom stereocenters. The molecular formula is C27H28N2O6. The highest BCUT2D eigenvalue weighted by molar-refractivity contribution is 6.02. The van der Waals surface area contributed by atoms with Crippen molar-refractivity contribution in [2.24, 2.45) is 0 Å². The van der Waals surface area contributed by atoms with Crippen LogP contribution >= 0.6 is 0 Å². The number of aryl methyl sites for hydroxylation is 1. The Kier molecular flexibility index (Phi) is 8.45. The second-order valence-corrected chi connectivity index (χ2v) is 7.80. The number of anilines is 1. The van der Waals surface area contributed by atoms with Crippen molar-refractivity contribution in [2.75, 3.05) is 26.1 Å². The maximum atomic E-state index is 12.8. The van der Waals surface area contributed by atoms with E-state index in [0.29, 0.717) is 22.7 Å². The molecule has 8 heteroatoms. The van der Waals surface area contributed by atoms with Crippen LogP contribution in [0.5, 0.6) is 11.5 Å². The van der Waals surface area contributed by atoms with Crippen molar-refractivity contribution in [3.8, 4) is 11.5 Å². The average Bonchev–Trinajstić information content (AvgIpc) is 2.87. The van der Waals surface area contributed by atoms with E-state index in [-0.39, 0.29) is 11.5 Å². The molecule has 0 radical (unpaired) electrons. The minimum atomic E-state index is -0.710. The molecule has 0 saturated carbocycles. The van der Waals surface area contributed by atoms with Gasteiger partial charge in [0.15, 0.2) is 6.61 Å². The van der Waals surface area contributed by atoms with E-state index in [4.69, 9.17) is 14.2 Å². The molecule has 0 saturated heterocycles. The molecule has 3 aromatic carbocycles. The molecule has 0 bridgehead atoms. The zero-order valence-corrected chi connectivity index (χ0v) is 20.1. The van der Waals surface area contributed by atoms with Gasteiger partial charge in [-0.15, -0.1) is 0 Å². The second kappa shape index (κ2) is 11.7. The Morgan fingerprint density at radius 3 is 1.86 bits per heavy atom. The van der Waals surface area contributed by atoms with Crippen molar-refractivity contribution in [3.05, 3.63) is 89.0 Å². The quantitative estimate of drug-likeness (QED) is 0.452. The van der Waals surface area contributed by atoms with Crippen molar-refractivity contribution in [1.82, 2.24) is 5.32 Å². The summed E-state index contributed by atoms with van der Waals surface area (Å²) in [6.45, 7) is 2.63. The predicted molar refractivity (Wildman–Crippen MR) is 132 cm³/mol. The van der Waals surface area contributed by atoms with E-state index < -0.39 is 24.5 Å². The Balaban J connectivity index is 1.76. The van der Waals surface area contributed by atoms with Crippen LogP contribution in [0.2, 0.25) is 0 Å². The summed E-state index contributed by atoms with van der Waals surface area (Å²) in [5.74, 6) is -0.124. The largest absolute Gasteiger partial charge is 0.497 e. The normalized spacial score (nSPS) is 10.4. The average molecular weight is 477 g/mol. The lowest BCUT2D eigenvalue weighted by molar-refractivity contribution is -0.124. The predicted octanol–water partition coefficient (Wildman–Crippen LogP) is 4.03. The standard InChI is InChI=1S/C27H28N2O6/c1-17-6-5-7-23(25(17)28-18(2)30)27(32)35-16-24(31)29-26(19-8-12-21(33-3)13-9-19)20-10-14-22(34-4)15-11-20/h5-15,26H,16H2,1-4H3,(H,28,30)(H,29,31). The summed E-state index contributed by atoms with van der Waals surface area (Å²) < 4.78 is 15.7. The third kappa shape index (κ3) is 6.60. The number of hydrogen-bond acceptors (Lipinski definition) is 6. The second-order valence-electron chi connectivity index (χ2n) is 7.80. The van der Waals surface area contributed by atoms with Gasteiger partial charge in [-0.25, -0.2) is 4.79 Å². The first-order chi connectivity index (χ1) is 16.8. The fourth-order valence-electron chi connectivity index (χ4n) is 3.54. The molecular weight excluding hydrogens is 448 g/mol. The molecule has 182 valence electrons. The lowest BCUT2D eigenvalue weighted by Crippen LogP contribution is -2.33. The van der Waals surface area contributed by atoms with Gasteiger partial charge in [0.25, 0.3) is 5.91 Å². The number of benzene rings is 3. The molecule has 0 aliphatic heterocycles. The maximum Gasteiger partial charge on any atom is 0.340 e. The SMILES string of the molecule is COc1ccc(C(NC(=O)COC(=O)c2cccc(C)c2NC(C)=O)c2ccc(OC)cc2)cc1. The fraction of sp³-hybridized carbons (Fsp3) is 0.222. The number of carbonyl (C=O) groups is 3. The number of hydrogen-bond donors (Lipinski definition) is 2. The summed E-state index contributed by atoms with van der Waals surface area (Å²) in [5.41, 5.74) is 2.89. The van der Waals surface area contributed by atoms with Gasteiger partial charge in [-0.2, -0.15) is 0 Å². The van der Waals surface area contributed by atoms with E-state index in [0.717, 1.165) is 11.1 Å². The third-order valence-electron chi connectivity index (χ3n) is 5.33. The molecule has 3 aromatic rings. The molecule has 0 fully saturated rings. The topological polar surface area (TPSA) is 103 Å². The van der Waals surface area contributed by atoms with Gasteiger partial charge in [-0.1, -0.05) is 36.4 Å². The molecule has 0 aromatic heterocycles.